The molecule has 0 saturated carbocycles. The zero-order valence-electron chi connectivity index (χ0n) is 13.4. The maximum absolute atomic E-state index is 5.66. The second kappa shape index (κ2) is 8.17. The molecule has 0 aromatic heterocycles. The van der Waals surface area contributed by atoms with E-state index < -0.39 is 0 Å². The van der Waals surface area contributed by atoms with Gasteiger partial charge in [0.05, 0.1) is 26.5 Å². The average molecular weight is 301 g/mol. The molecule has 0 saturated heterocycles. The first-order chi connectivity index (χ1) is 10.8. The highest BCUT2D eigenvalue weighted by atomic mass is 16.5. The van der Waals surface area contributed by atoms with Gasteiger partial charge in [0.2, 0.25) is 0 Å². The second-order valence-electron chi connectivity index (χ2n) is 4.92. The predicted octanol–water partition coefficient (Wildman–Crippen LogP) is 4.10. The molecule has 4 nitrogen and oxygen atoms in total. The highest BCUT2D eigenvalue weighted by molar-refractivity contribution is 5.60. The van der Waals surface area contributed by atoms with Crippen molar-refractivity contribution < 1.29 is 14.2 Å². The number of hydrogen-bond acceptors (Lipinski definition) is 4. The van der Waals surface area contributed by atoms with E-state index in [4.69, 9.17) is 14.2 Å². The summed E-state index contributed by atoms with van der Waals surface area (Å²) in [6.45, 7) is 3.52. The molecule has 0 fully saturated rings. The van der Waals surface area contributed by atoms with Crippen LogP contribution < -0.4 is 19.5 Å². The number of benzene rings is 2. The summed E-state index contributed by atoms with van der Waals surface area (Å²) in [5, 5.41) is 3.38. The summed E-state index contributed by atoms with van der Waals surface area (Å²) in [5.41, 5.74) is 2.06. The summed E-state index contributed by atoms with van der Waals surface area (Å²) in [4.78, 5) is 0. The third-order valence-corrected chi connectivity index (χ3v) is 3.26. The summed E-state index contributed by atoms with van der Waals surface area (Å²) in [6, 6.07) is 13.8. The summed E-state index contributed by atoms with van der Waals surface area (Å²) >= 11 is 0. The van der Waals surface area contributed by atoms with Gasteiger partial charge in [0.1, 0.15) is 17.2 Å². The minimum absolute atomic E-state index is 0.687. The molecule has 0 atom stereocenters. The molecule has 4 heteroatoms. The maximum Gasteiger partial charge on any atom is 0.142 e. The molecule has 0 heterocycles. The van der Waals surface area contributed by atoms with Crippen LogP contribution in [0.15, 0.2) is 42.5 Å². The molecule has 0 aliphatic rings. The zero-order valence-corrected chi connectivity index (χ0v) is 13.4. The van der Waals surface area contributed by atoms with E-state index in [1.54, 1.807) is 14.2 Å². The van der Waals surface area contributed by atoms with Crippen LogP contribution in [0.1, 0.15) is 18.9 Å². The van der Waals surface area contributed by atoms with Crippen LogP contribution in [-0.2, 0) is 6.54 Å². The molecular weight excluding hydrogens is 278 g/mol. The highest BCUT2D eigenvalue weighted by Crippen LogP contribution is 2.29. The minimum atomic E-state index is 0.687. The van der Waals surface area contributed by atoms with Crippen molar-refractivity contribution in [3.8, 4) is 17.2 Å². The largest absolute Gasteiger partial charge is 0.497 e. The Bertz CT molecular complexity index is 599. The van der Waals surface area contributed by atoms with Crippen LogP contribution in [0.3, 0.4) is 0 Å². The third-order valence-electron chi connectivity index (χ3n) is 3.26. The van der Waals surface area contributed by atoms with Gasteiger partial charge in [-0.3, -0.25) is 0 Å². The number of methoxy groups -OCH3 is 2. The first-order valence-electron chi connectivity index (χ1n) is 7.44. The van der Waals surface area contributed by atoms with Crippen molar-refractivity contribution in [3.05, 3.63) is 48.0 Å². The lowest BCUT2D eigenvalue weighted by Crippen LogP contribution is -2.02. The van der Waals surface area contributed by atoms with Gasteiger partial charge in [0.25, 0.3) is 0 Å². The van der Waals surface area contributed by atoms with E-state index >= 15 is 0 Å². The van der Waals surface area contributed by atoms with Crippen molar-refractivity contribution in [2.24, 2.45) is 0 Å². The molecule has 0 radical (unpaired) electrons. The van der Waals surface area contributed by atoms with Crippen molar-refractivity contribution in [3.63, 3.8) is 0 Å². The normalized spacial score (nSPS) is 10.1. The third kappa shape index (κ3) is 4.32. The number of nitrogens with one attached hydrogen (secondary N) is 1. The number of rotatable bonds is 8. The van der Waals surface area contributed by atoms with Gasteiger partial charge in [0.15, 0.2) is 0 Å². The number of anilines is 1. The molecule has 0 bridgehead atoms. The Morgan fingerprint density at radius 2 is 1.82 bits per heavy atom. The molecule has 0 amide bonds. The minimum Gasteiger partial charge on any atom is -0.497 e. The van der Waals surface area contributed by atoms with Gasteiger partial charge >= 0.3 is 0 Å². The molecule has 0 aliphatic heterocycles. The van der Waals surface area contributed by atoms with Crippen LogP contribution in [0.2, 0.25) is 0 Å². The van der Waals surface area contributed by atoms with Gasteiger partial charge in [-0.25, -0.2) is 0 Å². The summed E-state index contributed by atoms with van der Waals surface area (Å²) in [5.74, 6) is 2.49. The molecule has 1 N–H and O–H groups in total. The van der Waals surface area contributed by atoms with Gasteiger partial charge in [-0.1, -0.05) is 19.1 Å². The predicted molar refractivity (Wildman–Crippen MR) is 89.1 cm³/mol. The Labute approximate surface area is 132 Å². The van der Waals surface area contributed by atoms with Crippen LogP contribution in [-0.4, -0.2) is 20.8 Å². The van der Waals surface area contributed by atoms with Crippen LogP contribution in [0.4, 0.5) is 5.69 Å². The van der Waals surface area contributed by atoms with E-state index in [0.29, 0.717) is 6.54 Å². The quantitative estimate of drug-likeness (QED) is 0.796. The van der Waals surface area contributed by atoms with E-state index in [-0.39, 0.29) is 0 Å². The molecule has 2 aromatic rings. The van der Waals surface area contributed by atoms with E-state index in [9.17, 15) is 0 Å². The highest BCUT2D eigenvalue weighted by Gasteiger charge is 2.05. The van der Waals surface area contributed by atoms with Crippen LogP contribution >= 0.6 is 0 Å². The van der Waals surface area contributed by atoms with Crippen molar-refractivity contribution in [1.29, 1.82) is 0 Å². The topological polar surface area (TPSA) is 39.7 Å². The first kappa shape index (κ1) is 16.0. The molecule has 22 heavy (non-hydrogen) atoms. The van der Waals surface area contributed by atoms with Crippen LogP contribution in [0.25, 0.3) is 0 Å². The fourth-order valence-corrected chi connectivity index (χ4v) is 2.11. The lowest BCUT2D eigenvalue weighted by atomic mass is 10.2. The summed E-state index contributed by atoms with van der Waals surface area (Å²) in [7, 11) is 3.31. The zero-order chi connectivity index (χ0) is 15.8. The smallest absolute Gasteiger partial charge is 0.142 e. The lowest BCUT2D eigenvalue weighted by Gasteiger charge is -2.13. The summed E-state index contributed by atoms with van der Waals surface area (Å²) < 4.78 is 16.3. The molecule has 0 spiro atoms. The van der Waals surface area contributed by atoms with Crippen molar-refractivity contribution in [1.82, 2.24) is 0 Å². The molecule has 2 aromatic carbocycles. The lowest BCUT2D eigenvalue weighted by molar-refractivity contribution is 0.317. The fraction of sp³-hybridized carbons (Fsp3) is 0.333. The number of hydrogen-bond donors (Lipinski definition) is 1. The maximum atomic E-state index is 5.66. The molecule has 0 aliphatic carbocycles. The van der Waals surface area contributed by atoms with E-state index in [0.717, 1.165) is 41.5 Å². The summed E-state index contributed by atoms with van der Waals surface area (Å²) in [6.07, 6.45) is 1.00. The van der Waals surface area contributed by atoms with Gasteiger partial charge in [0, 0.05) is 12.6 Å². The van der Waals surface area contributed by atoms with Crippen molar-refractivity contribution in [2.45, 2.75) is 19.9 Å². The Balaban J connectivity index is 2.06. The molecule has 0 unspecified atom stereocenters. The Kier molecular flexibility index (Phi) is 5.95. The molecule has 2 rings (SSSR count). The Hall–Kier alpha value is -2.36. The van der Waals surface area contributed by atoms with Gasteiger partial charge < -0.3 is 19.5 Å². The fourth-order valence-electron chi connectivity index (χ4n) is 2.11. The van der Waals surface area contributed by atoms with Crippen LogP contribution in [0, 0.1) is 0 Å². The second-order valence-corrected chi connectivity index (χ2v) is 4.92. The number of ether oxygens (including phenoxy) is 3. The first-order valence-corrected chi connectivity index (χ1v) is 7.44. The average Bonchev–Trinajstić information content (AvgIpc) is 2.58. The van der Waals surface area contributed by atoms with Gasteiger partial charge in [-0.05, 0) is 36.2 Å². The monoisotopic (exact) mass is 301 g/mol. The van der Waals surface area contributed by atoms with E-state index in [1.165, 1.54) is 0 Å². The van der Waals surface area contributed by atoms with Crippen molar-refractivity contribution in [2.75, 3.05) is 26.1 Å². The SMILES string of the molecule is CCCOc1cccc(CNc2cc(OC)ccc2OC)c1. The Morgan fingerprint density at radius 3 is 2.55 bits per heavy atom. The molecule has 118 valence electrons. The van der Waals surface area contributed by atoms with E-state index in [2.05, 4.69) is 24.4 Å². The van der Waals surface area contributed by atoms with Gasteiger partial charge in [-0.2, -0.15) is 0 Å². The molecular formula is C18H23NO3. The van der Waals surface area contributed by atoms with E-state index in [1.807, 2.05) is 30.3 Å². The van der Waals surface area contributed by atoms with Crippen molar-refractivity contribution >= 4 is 5.69 Å². The van der Waals surface area contributed by atoms with Gasteiger partial charge in [-0.15, -0.1) is 0 Å². The standard InChI is InChI=1S/C18H23NO3/c1-4-10-22-16-7-5-6-14(11-16)13-19-17-12-15(20-2)8-9-18(17)21-3/h5-9,11-12,19H,4,10,13H2,1-3H3. The van der Waals surface area contributed by atoms with Crippen LogP contribution in [0.5, 0.6) is 17.2 Å². The Morgan fingerprint density at radius 1 is 0.955 bits per heavy atom.